The summed E-state index contributed by atoms with van der Waals surface area (Å²) in [7, 11) is -3.46. The van der Waals surface area contributed by atoms with Gasteiger partial charge in [0.25, 0.3) is 11.8 Å². The molecule has 8 rings (SSSR count). The van der Waals surface area contributed by atoms with Crippen LogP contribution in [0, 0.1) is 5.92 Å². The van der Waals surface area contributed by atoms with E-state index in [9.17, 15) is 19.5 Å². The summed E-state index contributed by atoms with van der Waals surface area (Å²) in [5, 5.41) is 13.3. The first-order valence-electron chi connectivity index (χ1n) is 19.1. The summed E-state index contributed by atoms with van der Waals surface area (Å²) < 4.78 is 23.2. The number of hydrogen-bond donors (Lipinski definition) is 2. The Morgan fingerprint density at radius 3 is 2.43 bits per heavy atom. The Bertz CT molecular complexity index is 1890. The number of fused-ring (bicyclic) bond motifs is 2. The number of likely N-dealkylation sites (tertiary alicyclic amines) is 1. The maximum atomic E-state index is 16.4. The molecule has 3 amide bonds. The van der Waals surface area contributed by atoms with E-state index in [-0.39, 0.29) is 43.3 Å². The number of carbonyl (C=O) groups excluding carboxylic acids is 3. The van der Waals surface area contributed by atoms with Gasteiger partial charge in [0, 0.05) is 34.9 Å². The zero-order chi connectivity index (χ0) is 37.1. The zero-order valence-corrected chi connectivity index (χ0v) is 31.8. The number of carbonyl (C=O) groups is 3. The van der Waals surface area contributed by atoms with Crippen molar-refractivity contribution in [1.29, 1.82) is 0 Å². The molecule has 0 saturated carbocycles. The molecule has 2 spiro atoms. The number of ether oxygens (including phenoxy) is 1. The average Bonchev–Trinajstić information content (AvgIpc) is 3.89. The van der Waals surface area contributed by atoms with Gasteiger partial charge in [0.2, 0.25) is 14.3 Å². The quantitative estimate of drug-likeness (QED) is 0.238. The molecule has 0 aliphatic carbocycles. The van der Waals surface area contributed by atoms with Gasteiger partial charge in [0.05, 0.1) is 44.1 Å². The van der Waals surface area contributed by atoms with Gasteiger partial charge in [-0.25, -0.2) is 0 Å². The van der Waals surface area contributed by atoms with E-state index < -0.39 is 37.1 Å². The SMILES string of the molecule is C[C@H]1[C@H]([Si](C)(C)F)[C@@H](CC(=O)N2CCC[C@H]2CO)O[C@]12C(=O)N(Cc1cccc(N3CN(c4ccccc4)C4(CCNCC4)C3=O)c1)c1ccccc12. The van der Waals surface area contributed by atoms with E-state index in [1.54, 1.807) is 22.9 Å². The molecule has 0 unspecified atom stereocenters. The van der Waals surface area contributed by atoms with Gasteiger partial charge in [-0.2, -0.15) is 0 Å². The molecule has 280 valence electrons. The van der Waals surface area contributed by atoms with Crippen molar-refractivity contribution in [3.63, 3.8) is 0 Å². The summed E-state index contributed by atoms with van der Waals surface area (Å²) >= 11 is 0. The molecule has 10 nitrogen and oxygen atoms in total. The van der Waals surface area contributed by atoms with Crippen molar-refractivity contribution in [3.8, 4) is 0 Å². The van der Waals surface area contributed by atoms with Gasteiger partial charge >= 0.3 is 0 Å². The van der Waals surface area contributed by atoms with Crippen LogP contribution in [0.2, 0.25) is 18.6 Å². The van der Waals surface area contributed by atoms with E-state index in [4.69, 9.17) is 4.74 Å². The molecule has 53 heavy (non-hydrogen) atoms. The van der Waals surface area contributed by atoms with E-state index in [1.165, 1.54) is 0 Å². The van der Waals surface area contributed by atoms with E-state index in [0.717, 1.165) is 42.9 Å². The Morgan fingerprint density at radius 1 is 0.981 bits per heavy atom. The fourth-order valence-electron chi connectivity index (χ4n) is 10.2. The second kappa shape index (κ2) is 13.6. The largest absolute Gasteiger partial charge is 0.394 e. The number of nitrogens with zero attached hydrogens (tertiary/aromatic N) is 4. The zero-order valence-electron chi connectivity index (χ0n) is 30.8. The van der Waals surface area contributed by atoms with Gasteiger partial charge in [-0.15, -0.1) is 0 Å². The molecule has 0 radical (unpaired) electrons. The summed E-state index contributed by atoms with van der Waals surface area (Å²) in [6.07, 6.45) is 2.16. The monoisotopic (exact) mass is 739 g/mol. The van der Waals surface area contributed by atoms with Crippen LogP contribution in [-0.2, 0) is 31.3 Å². The topological polar surface area (TPSA) is 106 Å². The molecule has 2 N–H and O–H groups in total. The second-order valence-electron chi connectivity index (χ2n) is 16.0. The minimum atomic E-state index is -3.46. The first kappa shape index (κ1) is 35.9. The molecule has 12 heteroatoms. The number of amides is 3. The number of piperidine rings is 1. The standard InChI is InChI=1S/C41H50FN5O5Si/c1-28-37(53(2,3)42)35(24-36(49)44-22-10-15-32(44)26-48)52-41(28)33-16-7-8-17-34(33)45(39(41)51)25-29-11-9-14-31(23-29)46-27-47(30-12-5-4-6-13-30)40(38(46)50)18-20-43-21-19-40/h4-9,11-14,16-17,23,28,32,35,37,43,48H,10,15,18-22,24-27H2,1-3H3/t28-,32-,35+,37-,41+/m0/s1. The lowest BCUT2D eigenvalue weighted by molar-refractivity contribution is -0.150. The molecule has 5 heterocycles. The Morgan fingerprint density at radius 2 is 1.70 bits per heavy atom. The van der Waals surface area contributed by atoms with Crippen molar-refractivity contribution in [3.05, 3.63) is 90.0 Å². The van der Waals surface area contributed by atoms with Crippen molar-refractivity contribution >= 4 is 43.2 Å². The van der Waals surface area contributed by atoms with Gasteiger partial charge in [0.1, 0.15) is 5.54 Å². The van der Waals surface area contributed by atoms with Gasteiger partial charge in [-0.1, -0.05) is 55.5 Å². The predicted molar refractivity (Wildman–Crippen MR) is 205 cm³/mol. The maximum Gasteiger partial charge on any atom is 0.264 e. The second-order valence-corrected chi connectivity index (χ2v) is 19.8. The van der Waals surface area contributed by atoms with E-state index in [1.807, 2.05) is 78.6 Å². The van der Waals surface area contributed by atoms with Crippen molar-refractivity contribution in [1.82, 2.24) is 10.2 Å². The first-order chi connectivity index (χ1) is 25.5. The van der Waals surface area contributed by atoms with Crippen LogP contribution in [-0.4, -0.2) is 86.7 Å². The number of rotatable bonds is 8. The molecule has 0 aromatic heterocycles. The Labute approximate surface area is 312 Å². The molecule has 5 aliphatic rings. The smallest absolute Gasteiger partial charge is 0.264 e. The van der Waals surface area contributed by atoms with Crippen LogP contribution >= 0.6 is 0 Å². The van der Waals surface area contributed by atoms with Crippen molar-refractivity contribution in [2.45, 2.75) is 87.5 Å². The molecule has 0 bridgehead atoms. The minimum absolute atomic E-state index is 0.0352. The number of halogens is 1. The fourth-order valence-corrected chi connectivity index (χ4v) is 12.7. The van der Waals surface area contributed by atoms with Gasteiger partial charge in [-0.05, 0) is 87.8 Å². The third-order valence-electron chi connectivity index (χ3n) is 12.7. The highest BCUT2D eigenvalue weighted by atomic mass is 28.4. The Kier molecular flexibility index (Phi) is 9.24. The number of aliphatic hydroxyl groups excluding tert-OH is 1. The average molecular weight is 740 g/mol. The van der Waals surface area contributed by atoms with E-state index >= 15 is 4.11 Å². The van der Waals surface area contributed by atoms with Crippen LogP contribution in [0.5, 0.6) is 0 Å². The van der Waals surface area contributed by atoms with Gasteiger partial charge in [0.15, 0.2) is 5.60 Å². The Hall–Kier alpha value is -4.10. The summed E-state index contributed by atoms with van der Waals surface area (Å²) in [4.78, 5) is 50.5. The van der Waals surface area contributed by atoms with Crippen molar-refractivity contribution in [2.75, 3.05) is 47.6 Å². The summed E-state index contributed by atoms with van der Waals surface area (Å²) in [5.41, 5.74) is 1.37. The summed E-state index contributed by atoms with van der Waals surface area (Å²) in [5.74, 6) is -0.861. The first-order valence-corrected chi connectivity index (χ1v) is 22.1. The number of aliphatic hydroxyl groups is 1. The van der Waals surface area contributed by atoms with Gasteiger partial charge in [-0.3, -0.25) is 19.3 Å². The normalized spacial score (nSPS) is 28.2. The van der Waals surface area contributed by atoms with E-state index in [0.29, 0.717) is 37.3 Å². The lowest BCUT2D eigenvalue weighted by Gasteiger charge is -2.39. The molecular weight excluding hydrogens is 690 g/mol. The van der Waals surface area contributed by atoms with Crippen molar-refractivity contribution < 1.29 is 28.3 Å². The van der Waals surface area contributed by atoms with E-state index in [2.05, 4.69) is 22.3 Å². The third kappa shape index (κ3) is 5.80. The Balaban J connectivity index is 1.09. The van der Waals surface area contributed by atoms with Crippen LogP contribution < -0.4 is 20.0 Å². The highest BCUT2D eigenvalue weighted by molar-refractivity contribution is 6.72. The van der Waals surface area contributed by atoms with Crippen LogP contribution in [0.15, 0.2) is 78.9 Å². The number of hydrogen-bond acceptors (Lipinski definition) is 7. The van der Waals surface area contributed by atoms with Gasteiger partial charge < -0.3 is 34.0 Å². The lowest BCUT2D eigenvalue weighted by Crippen LogP contribution is -2.55. The molecule has 5 aliphatic heterocycles. The minimum Gasteiger partial charge on any atom is -0.394 e. The molecule has 3 aromatic rings. The maximum absolute atomic E-state index is 16.4. The fraction of sp³-hybridized carbons (Fsp3) is 0.488. The molecule has 5 atom stereocenters. The number of benzene rings is 3. The third-order valence-corrected chi connectivity index (χ3v) is 15.1. The summed E-state index contributed by atoms with van der Waals surface area (Å²) in [6, 6.07) is 25.3. The molecule has 4 fully saturated rings. The van der Waals surface area contributed by atoms with Crippen LogP contribution in [0.4, 0.5) is 21.2 Å². The summed E-state index contributed by atoms with van der Waals surface area (Å²) in [6.45, 7) is 7.82. The molecular formula is C41H50FN5O5Si. The highest BCUT2D eigenvalue weighted by Crippen LogP contribution is 2.60. The molecule has 3 aromatic carbocycles. The van der Waals surface area contributed by atoms with Crippen LogP contribution in [0.1, 0.15) is 50.2 Å². The van der Waals surface area contributed by atoms with Crippen LogP contribution in [0.3, 0.4) is 0 Å². The highest BCUT2D eigenvalue weighted by Gasteiger charge is 2.67. The number of para-hydroxylation sites is 2. The van der Waals surface area contributed by atoms with Crippen LogP contribution in [0.25, 0.3) is 0 Å². The molecule has 4 saturated heterocycles. The number of anilines is 3. The lowest BCUT2D eigenvalue weighted by atomic mass is 9.82. The predicted octanol–water partition coefficient (Wildman–Crippen LogP) is 5.31. The van der Waals surface area contributed by atoms with Crippen molar-refractivity contribution in [2.24, 2.45) is 5.92 Å². The number of nitrogens with one attached hydrogen (secondary N) is 1.